The molecule has 2 N–H and O–H groups in total. The fourth-order valence-electron chi connectivity index (χ4n) is 3.93. The summed E-state index contributed by atoms with van der Waals surface area (Å²) in [6.45, 7) is 9.33. The van der Waals surface area contributed by atoms with E-state index in [0.717, 1.165) is 24.2 Å². The highest BCUT2D eigenvalue weighted by Crippen LogP contribution is 2.50. The van der Waals surface area contributed by atoms with Crippen LogP contribution in [0.3, 0.4) is 0 Å². The monoisotopic (exact) mass is 208 g/mol. The van der Waals surface area contributed by atoms with Crippen LogP contribution < -0.4 is 5.73 Å². The number of hydrogen-bond donors (Lipinski definition) is 1. The fraction of sp³-hybridized carbons (Fsp3) is 0.923. The van der Waals surface area contributed by atoms with Crippen LogP contribution in [0.1, 0.15) is 34.1 Å². The number of hydrogen-bond acceptors (Lipinski definition) is 2. The van der Waals surface area contributed by atoms with Crippen molar-refractivity contribution in [3.8, 4) is 0 Å². The summed E-state index contributed by atoms with van der Waals surface area (Å²) in [5.74, 6) is 3.63. The fourth-order valence-corrected chi connectivity index (χ4v) is 3.93. The lowest BCUT2D eigenvalue weighted by atomic mass is 9.54. The number of aliphatic imine (C=N–C) groups is 1. The minimum atomic E-state index is 0.310. The minimum Gasteiger partial charge on any atom is -0.327 e. The molecule has 4 unspecified atom stereocenters. The molecule has 0 aromatic rings. The Kier molecular flexibility index (Phi) is 2.89. The van der Waals surface area contributed by atoms with Crippen LogP contribution in [0.25, 0.3) is 0 Å². The summed E-state index contributed by atoms with van der Waals surface area (Å²) in [5.41, 5.74) is 6.30. The molecule has 4 atom stereocenters. The molecule has 0 spiro atoms. The second kappa shape index (κ2) is 3.89. The molecule has 0 saturated heterocycles. The van der Waals surface area contributed by atoms with Gasteiger partial charge >= 0.3 is 0 Å². The lowest BCUT2D eigenvalue weighted by Gasteiger charge is -2.54. The summed E-state index contributed by atoms with van der Waals surface area (Å²) in [7, 11) is 0. The van der Waals surface area contributed by atoms with E-state index in [4.69, 9.17) is 5.73 Å². The second-order valence-electron chi connectivity index (χ2n) is 5.84. The second-order valence-corrected chi connectivity index (χ2v) is 5.84. The molecule has 0 radical (unpaired) electrons. The van der Waals surface area contributed by atoms with Crippen LogP contribution in [-0.4, -0.2) is 18.3 Å². The standard InChI is InChI=1S/C13H24N2/c1-7(2)11-10(14)5-6-15-13-8(3)12(11)9(13)4/h6-13H,5,14H2,1-4H3. The molecular weight excluding hydrogens is 184 g/mol. The van der Waals surface area contributed by atoms with Crippen molar-refractivity contribution < 1.29 is 0 Å². The van der Waals surface area contributed by atoms with E-state index in [2.05, 4.69) is 38.9 Å². The van der Waals surface area contributed by atoms with Crippen LogP contribution >= 0.6 is 0 Å². The topological polar surface area (TPSA) is 38.4 Å². The van der Waals surface area contributed by atoms with Gasteiger partial charge in [-0.15, -0.1) is 0 Å². The third-order valence-electron chi connectivity index (χ3n) is 4.66. The predicted octanol–water partition coefficient (Wildman–Crippen LogP) is 2.33. The Balaban J connectivity index is 2.25. The van der Waals surface area contributed by atoms with Crippen LogP contribution in [0, 0.1) is 29.6 Å². The number of rotatable bonds is 1. The highest BCUT2D eigenvalue weighted by Gasteiger charge is 2.51. The molecule has 0 aromatic heterocycles. The van der Waals surface area contributed by atoms with Gasteiger partial charge in [0, 0.05) is 12.3 Å². The maximum Gasteiger partial charge on any atom is 0.0552 e. The molecule has 2 nitrogen and oxygen atoms in total. The first-order valence-corrected chi connectivity index (χ1v) is 6.31. The van der Waals surface area contributed by atoms with Crippen LogP contribution in [0.4, 0.5) is 0 Å². The van der Waals surface area contributed by atoms with E-state index < -0.39 is 0 Å². The lowest BCUT2D eigenvalue weighted by molar-refractivity contribution is -0.0168. The zero-order valence-corrected chi connectivity index (χ0v) is 10.4. The van der Waals surface area contributed by atoms with Gasteiger partial charge in [0.2, 0.25) is 0 Å². The van der Waals surface area contributed by atoms with Gasteiger partial charge in [-0.25, -0.2) is 0 Å². The van der Waals surface area contributed by atoms with Gasteiger partial charge in [0.05, 0.1) is 6.04 Å². The van der Waals surface area contributed by atoms with E-state index in [1.165, 1.54) is 0 Å². The number of fused-ring (bicyclic) bond motifs is 3. The Morgan fingerprint density at radius 3 is 2.40 bits per heavy atom. The van der Waals surface area contributed by atoms with Crippen molar-refractivity contribution in [2.75, 3.05) is 0 Å². The number of nitrogens with two attached hydrogens (primary N) is 1. The maximum atomic E-state index is 6.30. The van der Waals surface area contributed by atoms with Crippen molar-refractivity contribution in [2.45, 2.75) is 46.2 Å². The molecule has 2 heterocycles. The summed E-state index contributed by atoms with van der Waals surface area (Å²) >= 11 is 0. The first kappa shape index (κ1) is 11.1. The molecule has 3 rings (SSSR count). The summed E-state index contributed by atoms with van der Waals surface area (Å²) < 4.78 is 0. The van der Waals surface area contributed by atoms with Gasteiger partial charge in [0.1, 0.15) is 0 Å². The van der Waals surface area contributed by atoms with Gasteiger partial charge in [0.25, 0.3) is 0 Å². The van der Waals surface area contributed by atoms with Gasteiger partial charge in [-0.3, -0.25) is 4.99 Å². The molecule has 3 aliphatic rings. The third kappa shape index (κ3) is 1.63. The Bertz CT molecular complexity index is 249. The average molecular weight is 208 g/mol. The van der Waals surface area contributed by atoms with Gasteiger partial charge < -0.3 is 5.73 Å². The molecule has 2 heteroatoms. The van der Waals surface area contributed by atoms with Crippen molar-refractivity contribution >= 4 is 6.21 Å². The Morgan fingerprint density at radius 2 is 1.87 bits per heavy atom. The van der Waals surface area contributed by atoms with Crippen molar-refractivity contribution in [3.63, 3.8) is 0 Å². The number of nitrogens with zero attached hydrogens (tertiary/aromatic N) is 1. The lowest BCUT2D eigenvalue weighted by Crippen LogP contribution is -2.57. The highest BCUT2D eigenvalue weighted by molar-refractivity contribution is 5.59. The van der Waals surface area contributed by atoms with E-state index in [0.29, 0.717) is 23.9 Å². The Morgan fingerprint density at radius 1 is 1.27 bits per heavy atom. The smallest absolute Gasteiger partial charge is 0.0552 e. The molecule has 2 aliphatic heterocycles. The minimum absolute atomic E-state index is 0.310. The maximum absolute atomic E-state index is 6.30. The van der Waals surface area contributed by atoms with E-state index in [1.807, 2.05) is 0 Å². The zero-order chi connectivity index (χ0) is 11.2. The van der Waals surface area contributed by atoms with Gasteiger partial charge in [-0.05, 0) is 36.0 Å². The van der Waals surface area contributed by atoms with Crippen LogP contribution in [0.2, 0.25) is 0 Å². The third-order valence-corrected chi connectivity index (χ3v) is 4.66. The molecule has 1 saturated carbocycles. The average Bonchev–Trinajstić information content (AvgIpc) is 2.16. The molecule has 1 fully saturated rings. The molecule has 2 bridgehead atoms. The summed E-state index contributed by atoms with van der Waals surface area (Å²) in [6, 6.07) is 0.883. The molecule has 15 heavy (non-hydrogen) atoms. The van der Waals surface area contributed by atoms with Crippen molar-refractivity contribution in [1.29, 1.82) is 0 Å². The summed E-state index contributed by atoms with van der Waals surface area (Å²) in [6.07, 6.45) is 3.04. The zero-order valence-electron chi connectivity index (χ0n) is 10.4. The Hall–Kier alpha value is -0.370. The van der Waals surface area contributed by atoms with Crippen molar-refractivity contribution in [3.05, 3.63) is 0 Å². The van der Waals surface area contributed by atoms with Crippen molar-refractivity contribution in [2.24, 2.45) is 40.3 Å². The van der Waals surface area contributed by atoms with E-state index >= 15 is 0 Å². The van der Waals surface area contributed by atoms with Crippen LogP contribution in [-0.2, 0) is 0 Å². The molecule has 0 amide bonds. The summed E-state index contributed by atoms with van der Waals surface area (Å²) in [5, 5.41) is 0. The quantitative estimate of drug-likeness (QED) is 0.705. The van der Waals surface area contributed by atoms with Crippen molar-refractivity contribution in [1.82, 2.24) is 0 Å². The van der Waals surface area contributed by atoms with E-state index in [9.17, 15) is 0 Å². The van der Waals surface area contributed by atoms with Crippen LogP contribution in [0.15, 0.2) is 4.99 Å². The largest absolute Gasteiger partial charge is 0.327 e. The first-order valence-electron chi connectivity index (χ1n) is 6.31. The molecular formula is C13H24N2. The normalized spacial score (nSPS) is 49.7. The van der Waals surface area contributed by atoms with Crippen LogP contribution in [0.5, 0.6) is 0 Å². The highest BCUT2D eigenvalue weighted by atomic mass is 14.9. The predicted molar refractivity (Wildman–Crippen MR) is 65.0 cm³/mol. The molecule has 86 valence electrons. The van der Waals surface area contributed by atoms with Gasteiger partial charge in [0.15, 0.2) is 0 Å². The van der Waals surface area contributed by atoms with E-state index in [1.54, 1.807) is 0 Å². The first-order chi connectivity index (χ1) is 7.04. The summed E-state index contributed by atoms with van der Waals surface area (Å²) in [4.78, 5) is 4.65. The van der Waals surface area contributed by atoms with Gasteiger partial charge in [-0.1, -0.05) is 27.7 Å². The SMILES string of the molecule is CC(C)C1C(N)CC=NC2C(C)C1C2C. The molecule has 0 aromatic carbocycles. The van der Waals surface area contributed by atoms with Gasteiger partial charge in [-0.2, -0.15) is 0 Å². The molecule has 1 aliphatic carbocycles. The Labute approximate surface area is 93.3 Å². The van der Waals surface area contributed by atoms with E-state index in [-0.39, 0.29) is 0 Å².